The summed E-state index contributed by atoms with van der Waals surface area (Å²) in [5.74, 6) is -0.577. The van der Waals surface area contributed by atoms with Gasteiger partial charge in [-0.1, -0.05) is 24.8 Å². The van der Waals surface area contributed by atoms with Gasteiger partial charge in [0.2, 0.25) is 0 Å². The SMILES string of the molecule is C=C/C=C(\C=C(/CC)n1cc(-c2cncc(N3CCOCC3)c2)nn1)C(=O)Nc1cc(N2CCN(C)CC2)cc(C(F)(F)F)c1. The van der Waals surface area contributed by atoms with E-state index in [1.165, 1.54) is 12.2 Å². The third kappa shape index (κ3) is 7.97. The first kappa shape index (κ1) is 31.9. The molecule has 0 spiro atoms. The molecular weight excluding hydrogens is 585 g/mol. The van der Waals surface area contributed by atoms with Gasteiger partial charge in [-0.05, 0) is 49.9 Å². The number of rotatable bonds is 9. The summed E-state index contributed by atoms with van der Waals surface area (Å²) in [5, 5.41) is 11.3. The Hall–Kier alpha value is -4.49. The van der Waals surface area contributed by atoms with Gasteiger partial charge in [-0.25, -0.2) is 4.68 Å². The van der Waals surface area contributed by atoms with Gasteiger partial charge in [0.05, 0.1) is 36.9 Å². The lowest BCUT2D eigenvalue weighted by molar-refractivity contribution is -0.137. The van der Waals surface area contributed by atoms with Crippen LogP contribution in [-0.2, 0) is 15.7 Å². The smallest absolute Gasteiger partial charge is 0.378 e. The molecule has 10 nitrogen and oxygen atoms in total. The van der Waals surface area contributed by atoms with E-state index < -0.39 is 17.6 Å². The number of nitrogens with zero attached hydrogens (tertiary/aromatic N) is 7. The van der Waals surface area contributed by atoms with E-state index in [4.69, 9.17) is 4.74 Å². The number of nitrogens with one attached hydrogen (secondary N) is 1. The Morgan fingerprint density at radius 1 is 1.02 bits per heavy atom. The molecule has 2 aliphatic rings. The lowest BCUT2D eigenvalue weighted by atomic mass is 10.1. The first-order valence-electron chi connectivity index (χ1n) is 14.9. The van der Waals surface area contributed by atoms with Crippen LogP contribution in [0.2, 0.25) is 0 Å². The Morgan fingerprint density at radius 3 is 2.44 bits per heavy atom. The minimum atomic E-state index is -4.57. The number of benzene rings is 1. The maximum atomic E-state index is 13.8. The van der Waals surface area contributed by atoms with Crippen molar-refractivity contribution in [1.82, 2.24) is 24.9 Å². The number of aromatic nitrogens is 4. The number of halogens is 3. The lowest BCUT2D eigenvalue weighted by Gasteiger charge is -2.34. The number of morpholine rings is 1. The average Bonchev–Trinajstić information content (AvgIpc) is 3.53. The first-order chi connectivity index (χ1) is 21.6. The van der Waals surface area contributed by atoms with Crippen LogP contribution in [0.5, 0.6) is 0 Å². The fraction of sp³-hybridized carbons (Fsp3) is 0.375. The second kappa shape index (κ2) is 14.1. The third-order valence-corrected chi connectivity index (χ3v) is 7.80. The molecule has 0 radical (unpaired) electrons. The van der Waals surface area contributed by atoms with E-state index in [1.54, 1.807) is 35.4 Å². The number of likely N-dealkylation sites (N-methyl/N-ethyl adjacent to an activating group) is 1. The quantitative estimate of drug-likeness (QED) is 0.265. The van der Waals surface area contributed by atoms with Gasteiger partial charge in [-0.2, -0.15) is 13.2 Å². The molecule has 4 heterocycles. The van der Waals surface area contributed by atoms with E-state index in [0.29, 0.717) is 49.8 Å². The highest BCUT2D eigenvalue weighted by Gasteiger charge is 2.32. The van der Waals surface area contributed by atoms with Crippen LogP contribution < -0.4 is 15.1 Å². The van der Waals surface area contributed by atoms with Gasteiger partial charge in [-0.15, -0.1) is 5.10 Å². The van der Waals surface area contributed by atoms with Crippen molar-refractivity contribution in [3.05, 3.63) is 78.8 Å². The summed E-state index contributed by atoms with van der Waals surface area (Å²) in [7, 11) is 1.97. The van der Waals surface area contributed by atoms with Crippen molar-refractivity contribution in [2.45, 2.75) is 19.5 Å². The number of hydrogen-bond acceptors (Lipinski definition) is 8. The molecule has 0 unspecified atom stereocenters. The van der Waals surface area contributed by atoms with Crippen molar-refractivity contribution in [1.29, 1.82) is 0 Å². The Balaban J connectivity index is 1.38. The Kier molecular flexibility index (Phi) is 9.99. The van der Waals surface area contributed by atoms with Crippen LogP contribution in [0.25, 0.3) is 17.0 Å². The van der Waals surface area contributed by atoms with Crippen molar-refractivity contribution in [2.75, 3.05) is 74.6 Å². The molecule has 45 heavy (non-hydrogen) atoms. The Labute approximate surface area is 260 Å². The fourth-order valence-corrected chi connectivity index (χ4v) is 5.22. The fourth-order valence-electron chi connectivity index (χ4n) is 5.22. The van der Waals surface area contributed by atoms with Crippen LogP contribution in [0.15, 0.2) is 73.2 Å². The molecule has 3 aromatic rings. The predicted molar refractivity (Wildman–Crippen MR) is 169 cm³/mol. The van der Waals surface area contributed by atoms with Gasteiger partial charge in [-0.3, -0.25) is 9.78 Å². The van der Waals surface area contributed by atoms with E-state index in [-0.39, 0.29) is 11.3 Å². The Bertz CT molecular complexity index is 1570. The molecule has 238 valence electrons. The number of allylic oxidation sites excluding steroid dienone is 3. The molecule has 2 aromatic heterocycles. The lowest BCUT2D eigenvalue weighted by Crippen LogP contribution is -2.44. The number of anilines is 3. The summed E-state index contributed by atoms with van der Waals surface area (Å²) < 4.78 is 48.5. The highest BCUT2D eigenvalue weighted by Crippen LogP contribution is 2.35. The number of ether oxygens (including phenoxy) is 1. The summed E-state index contributed by atoms with van der Waals surface area (Å²) in [6.07, 6.45) is 5.80. The van der Waals surface area contributed by atoms with Crippen molar-refractivity contribution in [3.63, 3.8) is 0 Å². The highest BCUT2D eigenvalue weighted by atomic mass is 19.4. The largest absolute Gasteiger partial charge is 0.416 e. The zero-order chi connectivity index (χ0) is 32.0. The molecule has 2 aliphatic heterocycles. The monoisotopic (exact) mass is 622 g/mol. The van der Waals surface area contributed by atoms with E-state index >= 15 is 0 Å². The van der Waals surface area contributed by atoms with Gasteiger partial charge in [0.15, 0.2) is 0 Å². The minimum absolute atomic E-state index is 0.0563. The molecule has 1 aromatic carbocycles. The molecule has 2 fully saturated rings. The van der Waals surface area contributed by atoms with Crippen LogP contribution in [0.3, 0.4) is 0 Å². The standard InChI is InChI=1S/C32H37F3N8O2/c1-4-6-23(31(44)37-26-17-25(32(33,34)35)18-28(19-26)41-9-7-40(3)8-10-41)15-27(5-2)43-22-30(38-39-43)24-16-29(21-36-20-24)42-11-13-45-14-12-42/h4,6,15-22H,1,5,7-14H2,2-3H3,(H,37,44)/b23-6+,27-15+. The van der Waals surface area contributed by atoms with E-state index in [1.807, 2.05) is 24.9 Å². The zero-order valence-electron chi connectivity index (χ0n) is 25.4. The highest BCUT2D eigenvalue weighted by molar-refractivity contribution is 6.07. The second-order valence-corrected chi connectivity index (χ2v) is 10.9. The number of carbonyl (C=O) groups is 1. The molecule has 0 atom stereocenters. The summed E-state index contributed by atoms with van der Waals surface area (Å²) >= 11 is 0. The van der Waals surface area contributed by atoms with Gasteiger partial charge < -0.3 is 24.8 Å². The molecule has 5 rings (SSSR count). The van der Waals surface area contributed by atoms with Crippen LogP contribution in [0, 0.1) is 0 Å². The van der Waals surface area contributed by atoms with Crippen molar-refractivity contribution >= 4 is 28.7 Å². The van der Waals surface area contributed by atoms with Crippen LogP contribution in [0.4, 0.5) is 30.2 Å². The summed E-state index contributed by atoms with van der Waals surface area (Å²) in [5.41, 5.74) is 2.86. The van der Waals surface area contributed by atoms with Crippen molar-refractivity contribution in [2.24, 2.45) is 0 Å². The van der Waals surface area contributed by atoms with Gasteiger partial charge >= 0.3 is 6.18 Å². The summed E-state index contributed by atoms with van der Waals surface area (Å²) in [6, 6.07) is 5.67. The first-order valence-corrected chi connectivity index (χ1v) is 14.9. The van der Waals surface area contributed by atoms with E-state index in [9.17, 15) is 18.0 Å². The number of hydrogen-bond donors (Lipinski definition) is 1. The normalized spacial score (nSPS) is 17.0. The maximum Gasteiger partial charge on any atom is 0.416 e. The summed E-state index contributed by atoms with van der Waals surface area (Å²) in [4.78, 5) is 24.1. The molecule has 0 aliphatic carbocycles. The minimum Gasteiger partial charge on any atom is -0.378 e. The topological polar surface area (TPSA) is 91.7 Å². The maximum absolute atomic E-state index is 13.8. The van der Waals surface area contributed by atoms with Crippen molar-refractivity contribution in [3.8, 4) is 11.3 Å². The molecule has 2 saturated heterocycles. The molecular formula is C32H37F3N8O2. The van der Waals surface area contributed by atoms with Gasteiger partial charge in [0.1, 0.15) is 5.69 Å². The number of amides is 1. The average molecular weight is 623 g/mol. The number of alkyl halides is 3. The molecule has 1 amide bonds. The molecule has 1 N–H and O–H groups in total. The number of carbonyl (C=O) groups excluding carboxylic acids is 1. The third-order valence-electron chi connectivity index (χ3n) is 7.80. The van der Waals surface area contributed by atoms with Gasteiger partial charge in [0, 0.05) is 73.7 Å². The van der Waals surface area contributed by atoms with E-state index in [2.05, 4.69) is 37.0 Å². The molecule has 13 heteroatoms. The van der Waals surface area contributed by atoms with Crippen LogP contribution in [0.1, 0.15) is 18.9 Å². The molecule has 0 bridgehead atoms. The van der Waals surface area contributed by atoms with Crippen LogP contribution in [-0.4, -0.2) is 90.3 Å². The predicted octanol–water partition coefficient (Wildman–Crippen LogP) is 4.95. The number of piperazine rings is 1. The van der Waals surface area contributed by atoms with Crippen LogP contribution >= 0.6 is 0 Å². The second-order valence-electron chi connectivity index (χ2n) is 10.9. The summed E-state index contributed by atoms with van der Waals surface area (Å²) in [6.45, 7) is 11.1. The van der Waals surface area contributed by atoms with E-state index in [0.717, 1.165) is 49.6 Å². The zero-order valence-corrected chi connectivity index (χ0v) is 25.4. The van der Waals surface area contributed by atoms with Gasteiger partial charge in [0.25, 0.3) is 5.91 Å². The Morgan fingerprint density at radius 2 is 1.76 bits per heavy atom. The molecule has 0 saturated carbocycles. The van der Waals surface area contributed by atoms with Crippen molar-refractivity contribution < 1.29 is 22.7 Å². The number of pyridine rings is 1.